The molecule has 2 aromatic carbocycles. The molecular weight excluding hydrogens is 320 g/mol. The van der Waals surface area contributed by atoms with E-state index in [1.807, 2.05) is 37.3 Å². The molecule has 1 saturated heterocycles. The SMILES string of the molecule is Cc1ccc(Oc2ccccc2)cc1C(=O)NC1CCC(=O)NC1=O. The summed E-state index contributed by atoms with van der Waals surface area (Å²) in [5, 5.41) is 4.91. The summed E-state index contributed by atoms with van der Waals surface area (Å²) >= 11 is 0. The molecule has 1 atom stereocenters. The number of rotatable bonds is 4. The van der Waals surface area contributed by atoms with Crippen LogP contribution in [0.2, 0.25) is 0 Å². The lowest BCUT2D eigenvalue weighted by atomic mass is 10.0. The van der Waals surface area contributed by atoms with Crippen molar-refractivity contribution >= 4 is 17.7 Å². The van der Waals surface area contributed by atoms with Gasteiger partial charge < -0.3 is 10.1 Å². The second kappa shape index (κ2) is 7.17. The van der Waals surface area contributed by atoms with Gasteiger partial charge in [-0.15, -0.1) is 0 Å². The fourth-order valence-corrected chi connectivity index (χ4v) is 2.60. The van der Waals surface area contributed by atoms with Crippen molar-refractivity contribution in [2.75, 3.05) is 0 Å². The fourth-order valence-electron chi connectivity index (χ4n) is 2.60. The number of hydrogen-bond donors (Lipinski definition) is 2. The van der Waals surface area contributed by atoms with Crippen LogP contribution in [-0.4, -0.2) is 23.8 Å². The first-order valence-corrected chi connectivity index (χ1v) is 8.01. The third-order valence-corrected chi connectivity index (χ3v) is 3.98. The zero-order valence-electron chi connectivity index (χ0n) is 13.7. The van der Waals surface area contributed by atoms with Crippen LogP contribution in [-0.2, 0) is 9.59 Å². The quantitative estimate of drug-likeness (QED) is 0.838. The molecule has 128 valence electrons. The Hall–Kier alpha value is -3.15. The number of nitrogens with one attached hydrogen (secondary N) is 2. The monoisotopic (exact) mass is 338 g/mol. The van der Waals surface area contributed by atoms with Crippen LogP contribution in [0.15, 0.2) is 48.5 Å². The fraction of sp³-hybridized carbons (Fsp3) is 0.211. The van der Waals surface area contributed by atoms with Crippen LogP contribution in [0.25, 0.3) is 0 Å². The van der Waals surface area contributed by atoms with E-state index in [1.54, 1.807) is 18.2 Å². The van der Waals surface area contributed by atoms with Crippen LogP contribution in [0, 0.1) is 6.92 Å². The average molecular weight is 338 g/mol. The van der Waals surface area contributed by atoms with E-state index in [9.17, 15) is 14.4 Å². The van der Waals surface area contributed by atoms with Crippen molar-refractivity contribution < 1.29 is 19.1 Å². The molecule has 25 heavy (non-hydrogen) atoms. The Kier molecular flexibility index (Phi) is 4.79. The predicted octanol–water partition coefficient (Wildman–Crippen LogP) is 2.32. The lowest BCUT2D eigenvalue weighted by Gasteiger charge is -2.22. The highest BCUT2D eigenvalue weighted by Crippen LogP contribution is 2.24. The van der Waals surface area contributed by atoms with E-state index in [0.29, 0.717) is 23.5 Å². The lowest BCUT2D eigenvalue weighted by Crippen LogP contribution is -2.52. The van der Waals surface area contributed by atoms with Crippen molar-refractivity contribution in [3.05, 3.63) is 59.7 Å². The molecule has 0 aromatic heterocycles. The number of piperidine rings is 1. The van der Waals surface area contributed by atoms with Crippen molar-refractivity contribution in [1.82, 2.24) is 10.6 Å². The highest BCUT2D eigenvalue weighted by molar-refractivity contribution is 6.04. The first-order valence-electron chi connectivity index (χ1n) is 8.01. The zero-order valence-corrected chi connectivity index (χ0v) is 13.7. The third-order valence-electron chi connectivity index (χ3n) is 3.98. The first kappa shape index (κ1) is 16.7. The molecule has 0 radical (unpaired) electrons. The van der Waals surface area contributed by atoms with E-state index in [1.165, 1.54) is 0 Å². The Morgan fingerprint density at radius 1 is 1.12 bits per heavy atom. The number of hydrogen-bond acceptors (Lipinski definition) is 4. The molecule has 2 aromatic rings. The van der Waals surface area contributed by atoms with Gasteiger partial charge in [0.25, 0.3) is 5.91 Å². The molecule has 1 fully saturated rings. The first-order chi connectivity index (χ1) is 12.0. The third kappa shape index (κ3) is 4.03. The Balaban J connectivity index is 1.74. The molecule has 1 aliphatic rings. The smallest absolute Gasteiger partial charge is 0.252 e. The number of amides is 3. The van der Waals surface area contributed by atoms with E-state index in [0.717, 1.165) is 5.56 Å². The van der Waals surface area contributed by atoms with Gasteiger partial charge in [-0.2, -0.15) is 0 Å². The molecule has 0 bridgehead atoms. The highest BCUT2D eigenvalue weighted by atomic mass is 16.5. The molecular formula is C19H18N2O4. The molecule has 0 aliphatic carbocycles. The van der Waals surface area contributed by atoms with E-state index >= 15 is 0 Å². The molecule has 6 nitrogen and oxygen atoms in total. The van der Waals surface area contributed by atoms with Crippen LogP contribution in [0.4, 0.5) is 0 Å². The summed E-state index contributed by atoms with van der Waals surface area (Å²) in [4.78, 5) is 35.5. The Bertz CT molecular complexity index is 817. The van der Waals surface area contributed by atoms with Crippen LogP contribution in [0.1, 0.15) is 28.8 Å². The maximum Gasteiger partial charge on any atom is 0.252 e. The summed E-state index contributed by atoms with van der Waals surface area (Å²) in [7, 11) is 0. The van der Waals surface area contributed by atoms with Crippen molar-refractivity contribution in [2.24, 2.45) is 0 Å². The Morgan fingerprint density at radius 3 is 2.60 bits per heavy atom. The second-order valence-corrected chi connectivity index (χ2v) is 5.87. The van der Waals surface area contributed by atoms with Crippen molar-refractivity contribution in [3.63, 3.8) is 0 Å². The minimum absolute atomic E-state index is 0.215. The topological polar surface area (TPSA) is 84.5 Å². The number of carbonyl (C=O) groups is 3. The van der Waals surface area contributed by atoms with Crippen LogP contribution in [0.3, 0.4) is 0 Å². The van der Waals surface area contributed by atoms with Crippen molar-refractivity contribution in [3.8, 4) is 11.5 Å². The minimum Gasteiger partial charge on any atom is -0.457 e. The molecule has 0 spiro atoms. The van der Waals surface area contributed by atoms with E-state index < -0.39 is 11.9 Å². The number of carbonyl (C=O) groups excluding carboxylic acids is 3. The van der Waals surface area contributed by atoms with Gasteiger partial charge in [-0.05, 0) is 43.2 Å². The van der Waals surface area contributed by atoms with Crippen LogP contribution in [0.5, 0.6) is 11.5 Å². The largest absolute Gasteiger partial charge is 0.457 e. The molecule has 6 heteroatoms. The summed E-state index contributed by atoms with van der Waals surface area (Å²) in [6.07, 6.45) is 0.516. The number of aryl methyl sites for hydroxylation is 1. The van der Waals surface area contributed by atoms with Crippen molar-refractivity contribution in [1.29, 1.82) is 0 Å². The van der Waals surface area contributed by atoms with Gasteiger partial charge >= 0.3 is 0 Å². The zero-order chi connectivity index (χ0) is 17.8. The second-order valence-electron chi connectivity index (χ2n) is 5.87. The average Bonchev–Trinajstić information content (AvgIpc) is 2.60. The maximum atomic E-state index is 12.5. The minimum atomic E-state index is -0.705. The van der Waals surface area contributed by atoms with Gasteiger partial charge in [-0.1, -0.05) is 24.3 Å². The number of para-hydroxylation sites is 1. The van der Waals surface area contributed by atoms with E-state index in [2.05, 4.69) is 10.6 Å². The molecule has 1 unspecified atom stereocenters. The van der Waals surface area contributed by atoms with E-state index in [-0.39, 0.29) is 18.2 Å². The van der Waals surface area contributed by atoms with Gasteiger partial charge in [0.05, 0.1) is 0 Å². The molecule has 1 heterocycles. The van der Waals surface area contributed by atoms with Gasteiger partial charge in [0, 0.05) is 12.0 Å². The van der Waals surface area contributed by atoms with Crippen LogP contribution < -0.4 is 15.4 Å². The summed E-state index contributed by atoms with van der Waals surface area (Å²) < 4.78 is 5.75. The molecule has 2 N–H and O–H groups in total. The van der Waals surface area contributed by atoms with Gasteiger partial charge in [-0.25, -0.2) is 0 Å². The molecule has 3 amide bonds. The number of imide groups is 1. The van der Waals surface area contributed by atoms with Gasteiger partial charge in [0.1, 0.15) is 17.5 Å². The lowest BCUT2D eigenvalue weighted by molar-refractivity contribution is -0.134. The van der Waals surface area contributed by atoms with E-state index in [4.69, 9.17) is 4.74 Å². The summed E-state index contributed by atoms with van der Waals surface area (Å²) in [6, 6.07) is 13.8. The maximum absolute atomic E-state index is 12.5. The Morgan fingerprint density at radius 2 is 1.88 bits per heavy atom. The summed E-state index contributed by atoms with van der Waals surface area (Å²) in [5.74, 6) is 0.0440. The summed E-state index contributed by atoms with van der Waals surface area (Å²) in [6.45, 7) is 1.81. The normalized spacial score (nSPS) is 16.9. The van der Waals surface area contributed by atoms with Crippen LogP contribution >= 0.6 is 0 Å². The summed E-state index contributed by atoms with van der Waals surface area (Å²) in [5.41, 5.74) is 1.20. The Labute approximate surface area is 145 Å². The van der Waals surface area contributed by atoms with Crippen molar-refractivity contribution in [2.45, 2.75) is 25.8 Å². The predicted molar refractivity (Wildman–Crippen MR) is 91.3 cm³/mol. The van der Waals surface area contributed by atoms with Gasteiger partial charge in [0.15, 0.2) is 0 Å². The standard InChI is InChI=1S/C19H18N2O4/c1-12-7-8-14(25-13-5-3-2-4-6-13)11-15(12)18(23)20-16-9-10-17(22)21-19(16)24/h2-8,11,16H,9-10H2,1H3,(H,20,23)(H,21,22,24). The number of benzene rings is 2. The molecule has 3 rings (SSSR count). The van der Waals surface area contributed by atoms with Gasteiger partial charge in [0.2, 0.25) is 11.8 Å². The van der Waals surface area contributed by atoms with Gasteiger partial charge in [-0.3, -0.25) is 19.7 Å². The molecule has 0 saturated carbocycles. The number of ether oxygens (including phenoxy) is 1. The molecule has 1 aliphatic heterocycles. The highest BCUT2D eigenvalue weighted by Gasteiger charge is 2.28.